The van der Waals surface area contributed by atoms with Crippen LogP contribution in [-0.4, -0.2) is 83.9 Å². The summed E-state index contributed by atoms with van der Waals surface area (Å²) in [6.07, 6.45) is 1.34. The highest BCUT2D eigenvalue weighted by Crippen LogP contribution is 2.37. The second-order valence-electron chi connectivity index (χ2n) is 11.4. The lowest BCUT2D eigenvalue weighted by Crippen LogP contribution is -2.47. The summed E-state index contributed by atoms with van der Waals surface area (Å²) < 4.78 is 66.7. The van der Waals surface area contributed by atoms with E-state index in [1.54, 1.807) is 30.3 Å². The number of benzene rings is 3. The monoisotopic (exact) mass is 654 g/mol. The molecule has 0 aromatic heterocycles. The molecule has 2 atom stereocenters. The molecule has 3 aromatic carbocycles. The largest absolute Gasteiger partial charge is 0.491 e. The fourth-order valence-corrected chi connectivity index (χ4v) is 8.01. The summed E-state index contributed by atoms with van der Waals surface area (Å²) in [6.45, 7) is 1.40. The van der Waals surface area contributed by atoms with E-state index < -0.39 is 31.8 Å². The van der Waals surface area contributed by atoms with Crippen LogP contribution in [0.25, 0.3) is 11.1 Å². The third-order valence-corrected chi connectivity index (χ3v) is 11.7. The standard InChI is InChI=1S/C32H38N4O7S2/c1-34-44(38,39)30-6-3-5-29(19-30)42-23-28(37)21-35-27-20-32(43-22-27)13-16-36(17-14-32)45(40,41)31-7-2-4-26(18-31)25-10-8-24(9-11-25)12-15-33/h2-11,18-19,27-28,34-35,37H,12-14,16-17,20-23H2,1H3/t27-,28?/m1/s1. The molecule has 0 aliphatic carbocycles. The molecule has 2 saturated heterocycles. The van der Waals surface area contributed by atoms with Crippen LogP contribution in [0.4, 0.5) is 0 Å². The summed E-state index contributed by atoms with van der Waals surface area (Å²) in [6, 6.07) is 22.7. The second-order valence-corrected chi connectivity index (χ2v) is 15.2. The van der Waals surface area contributed by atoms with E-state index in [1.165, 1.54) is 23.5 Å². The van der Waals surface area contributed by atoms with Gasteiger partial charge in [-0.15, -0.1) is 0 Å². The zero-order valence-corrected chi connectivity index (χ0v) is 26.7. The number of piperidine rings is 1. The van der Waals surface area contributed by atoms with Gasteiger partial charge in [-0.1, -0.05) is 42.5 Å². The molecule has 0 amide bonds. The predicted molar refractivity (Wildman–Crippen MR) is 168 cm³/mol. The Morgan fingerprint density at radius 1 is 1.02 bits per heavy atom. The summed E-state index contributed by atoms with van der Waals surface area (Å²) in [5, 5.41) is 22.7. The fraction of sp³-hybridized carbons (Fsp3) is 0.406. The number of nitriles is 1. The minimum absolute atomic E-state index is 0.00290. The number of aliphatic hydroxyl groups excluding tert-OH is 1. The number of hydrogen-bond acceptors (Lipinski definition) is 9. The molecule has 2 aliphatic rings. The second kappa shape index (κ2) is 14.0. The molecule has 2 aliphatic heterocycles. The van der Waals surface area contributed by atoms with E-state index in [1.807, 2.05) is 30.3 Å². The first kappa shape index (κ1) is 33.0. The predicted octanol–water partition coefficient (Wildman–Crippen LogP) is 2.67. The number of hydrogen-bond donors (Lipinski definition) is 3. The highest BCUT2D eigenvalue weighted by Gasteiger charge is 2.44. The lowest BCUT2D eigenvalue weighted by atomic mass is 9.88. The lowest BCUT2D eigenvalue weighted by molar-refractivity contribution is -0.0312. The van der Waals surface area contributed by atoms with Crippen LogP contribution in [0.1, 0.15) is 24.8 Å². The normalized spacial score (nSPS) is 19.3. The lowest BCUT2D eigenvalue weighted by Gasteiger charge is -2.38. The van der Waals surface area contributed by atoms with Crippen molar-refractivity contribution in [2.24, 2.45) is 0 Å². The Hall–Kier alpha value is -3.35. The molecule has 0 saturated carbocycles. The van der Waals surface area contributed by atoms with Gasteiger partial charge in [0.1, 0.15) is 18.5 Å². The van der Waals surface area contributed by atoms with E-state index >= 15 is 0 Å². The molecule has 45 heavy (non-hydrogen) atoms. The number of ether oxygens (including phenoxy) is 2. The van der Waals surface area contributed by atoms with Gasteiger partial charge < -0.3 is 19.9 Å². The maximum Gasteiger partial charge on any atom is 0.243 e. The van der Waals surface area contributed by atoms with Gasteiger partial charge >= 0.3 is 0 Å². The van der Waals surface area contributed by atoms with Crippen LogP contribution in [-0.2, 0) is 31.2 Å². The van der Waals surface area contributed by atoms with Gasteiger partial charge in [0.2, 0.25) is 20.0 Å². The van der Waals surface area contributed by atoms with Crippen molar-refractivity contribution in [1.82, 2.24) is 14.3 Å². The highest BCUT2D eigenvalue weighted by atomic mass is 32.2. The highest BCUT2D eigenvalue weighted by molar-refractivity contribution is 7.89. The smallest absolute Gasteiger partial charge is 0.243 e. The Morgan fingerprint density at radius 3 is 2.44 bits per heavy atom. The quantitative estimate of drug-likeness (QED) is 0.267. The molecule has 2 heterocycles. The number of rotatable bonds is 12. The summed E-state index contributed by atoms with van der Waals surface area (Å²) in [4.78, 5) is 0.325. The van der Waals surface area contributed by atoms with Crippen molar-refractivity contribution in [3.05, 3.63) is 78.4 Å². The Balaban J connectivity index is 1.10. The van der Waals surface area contributed by atoms with Crippen LogP contribution < -0.4 is 14.8 Å². The van der Waals surface area contributed by atoms with E-state index in [4.69, 9.17) is 14.7 Å². The van der Waals surface area contributed by atoms with Crippen molar-refractivity contribution in [2.45, 2.75) is 53.2 Å². The first-order valence-corrected chi connectivity index (χ1v) is 17.7. The number of nitrogens with zero attached hydrogens (tertiary/aromatic N) is 2. The van der Waals surface area contributed by atoms with Crippen LogP contribution in [0.15, 0.2) is 82.6 Å². The summed E-state index contributed by atoms with van der Waals surface area (Å²) in [7, 11) is -5.96. The molecule has 3 N–H and O–H groups in total. The van der Waals surface area contributed by atoms with Crippen molar-refractivity contribution in [3.63, 3.8) is 0 Å². The van der Waals surface area contributed by atoms with Crippen molar-refractivity contribution in [2.75, 3.05) is 39.9 Å². The van der Waals surface area contributed by atoms with Gasteiger partial charge in [0, 0.05) is 31.7 Å². The van der Waals surface area contributed by atoms with Crippen LogP contribution in [0.3, 0.4) is 0 Å². The zero-order chi connectivity index (χ0) is 32.1. The number of aliphatic hydroxyl groups is 1. The van der Waals surface area contributed by atoms with Crippen LogP contribution >= 0.6 is 0 Å². The van der Waals surface area contributed by atoms with E-state index in [-0.39, 0.29) is 29.0 Å². The Bertz CT molecular complexity index is 1730. The van der Waals surface area contributed by atoms with E-state index in [2.05, 4.69) is 16.1 Å². The van der Waals surface area contributed by atoms with Gasteiger partial charge in [-0.3, -0.25) is 0 Å². The summed E-state index contributed by atoms with van der Waals surface area (Å²) in [5.41, 5.74) is 2.17. The van der Waals surface area contributed by atoms with Gasteiger partial charge in [-0.25, -0.2) is 21.6 Å². The molecule has 0 bridgehead atoms. The number of nitrogens with one attached hydrogen (secondary N) is 2. The molecule has 2 fully saturated rings. The summed E-state index contributed by atoms with van der Waals surface area (Å²) in [5.74, 6) is 0.340. The molecule has 240 valence electrons. The van der Waals surface area contributed by atoms with Gasteiger partial charge in [0.25, 0.3) is 0 Å². The first-order chi connectivity index (χ1) is 21.5. The average molecular weight is 655 g/mol. The van der Waals surface area contributed by atoms with E-state index in [0.717, 1.165) is 16.7 Å². The minimum Gasteiger partial charge on any atom is -0.491 e. The Morgan fingerprint density at radius 2 is 1.73 bits per heavy atom. The third-order valence-electron chi connectivity index (χ3n) is 8.35. The molecule has 13 heteroatoms. The average Bonchev–Trinajstić information content (AvgIpc) is 3.45. The van der Waals surface area contributed by atoms with Crippen molar-refractivity contribution >= 4 is 20.0 Å². The molecular formula is C32H38N4O7S2. The van der Waals surface area contributed by atoms with E-state index in [0.29, 0.717) is 51.1 Å². The van der Waals surface area contributed by atoms with Gasteiger partial charge in [-0.2, -0.15) is 9.57 Å². The third kappa shape index (κ3) is 7.90. The molecule has 5 rings (SSSR count). The molecule has 11 nitrogen and oxygen atoms in total. The summed E-state index contributed by atoms with van der Waals surface area (Å²) >= 11 is 0. The molecule has 0 radical (unpaired) electrons. The SMILES string of the molecule is CNS(=O)(=O)c1cccc(OCC(O)CN[C@H]2COC3(CCN(S(=O)(=O)c4cccc(-c5ccc(CC#N)cc5)c4)CC3)C2)c1. The van der Waals surface area contributed by atoms with Gasteiger partial charge in [0.15, 0.2) is 0 Å². The fourth-order valence-electron chi connectivity index (χ4n) is 5.75. The number of sulfonamides is 2. The van der Waals surface area contributed by atoms with Crippen LogP contribution in [0.5, 0.6) is 5.75 Å². The molecule has 3 aromatic rings. The zero-order valence-electron chi connectivity index (χ0n) is 25.1. The first-order valence-electron chi connectivity index (χ1n) is 14.8. The van der Waals surface area contributed by atoms with Crippen LogP contribution in [0, 0.1) is 11.3 Å². The van der Waals surface area contributed by atoms with Crippen molar-refractivity contribution in [1.29, 1.82) is 5.26 Å². The Labute approximate surface area is 264 Å². The minimum atomic E-state index is -3.70. The molecule has 1 unspecified atom stereocenters. The van der Waals surface area contributed by atoms with Crippen molar-refractivity contribution < 1.29 is 31.4 Å². The van der Waals surface area contributed by atoms with Crippen LogP contribution in [0.2, 0.25) is 0 Å². The Kier molecular flexibility index (Phi) is 10.2. The van der Waals surface area contributed by atoms with Crippen molar-refractivity contribution in [3.8, 4) is 22.9 Å². The molecule has 1 spiro atoms. The van der Waals surface area contributed by atoms with Gasteiger partial charge in [0.05, 0.1) is 34.5 Å². The molecular weight excluding hydrogens is 617 g/mol. The maximum absolute atomic E-state index is 13.6. The maximum atomic E-state index is 13.6. The van der Waals surface area contributed by atoms with E-state index in [9.17, 15) is 21.9 Å². The van der Waals surface area contributed by atoms with Gasteiger partial charge in [-0.05, 0) is 67.3 Å². The topological polar surface area (TPSA) is 158 Å².